The van der Waals surface area contributed by atoms with Gasteiger partial charge in [-0.1, -0.05) is 12.8 Å². The van der Waals surface area contributed by atoms with Crippen molar-refractivity contribution in [3.8, 4) is 0 Å². The number of halogens is 1. The van der Waals surface area contributed by atoms with Crippen LogP contribution in [0.5, 0.6) is 0 Å². The number of amides is 1. The van der Waals surface area contributed by atoms with Crippen molar-refractivity contribution in [3.63, 3.8) is 0 Å². The molecule has 98 valence electrons. The summed E-state index contributed by atoms with van der Waals surface area (Å²) < 4.78 is 0.656. The van der Waals surface area contributed by atoms with Crippen LogP contribution in [0, 0.1) is 0 Å². The minimum Gasteiger partial charge on any atom is -0.395 e. The molecule has 1 saturated carbocycles. The van der Waals surface area contributed by atoms with E-state index in [2.05, 4.69) is 20.9 Å². The van der Waals surface area contributed by atoms with E-state index in [1.807, 2.05) is 0 Å². The van der Waals surface area contributed by atoms with Crippen LogP contribution in [0.4, 0.5) is 0 Å². The largest absolute Gasteiger partial charge is 0.395 e. The summed E-state index contributed by atoms with van der Waals surface area (Å²) in [6.45, 7) is 0.415. The summed E-state index contributed by atoms with van der Waals surface area (Å²) in [5.41, 5.74) is 0.622. The Morgan fingerprint density at radius 1 is 1.50 bits per heavy atom. The van der Waals surface area contributed by atoms with E-state index in [9.17, 15) is 4.79 Å². The number of nitrogens with zero attached hydrogens (tertiary/aromatic N) is 2. The molecule has 0 aliphatic heterocycles. The fourth-order valence-corrected chi connectivity index (χ4v) is 2.84. The number of hydrogen-bond acceptors (Lipinski definition) is 3. The molecule has 4 nitrogen and oxygen atoms in total. The summed E-state index contributed by atoms with van der Waals surface area (Å²) in [6.07, 6.45) is 6.03. The first kappa shape index (κ1) is 13.5. The van der Waals surface area contributed by atoms with Crippen LogP contribution in [0.2, 0.25) is 0 Å². The van der Waals surface area contributed by atoms with Gasteiger partial charge in [0.05, 0.1) is 6.61 Å². The third-order valence-corrected chi connectivity index (χ3v) is 3.77. The molecule has 0 atom stereocenters. The van der Waals surface area contributed by atoms with Crippen molar-refractivity contribution in [3.05, 3.63) is 28.5 Å². The Morgan fingerprint density at radius 2 is 2.22 bits per heavy atom. The summed E-state index contributed by atoms with van der Waals surface area (Å²) >= 11 is 3.27. The van der Waals surface area contributed by atoms with E-state index < -0.39 is 0 Å². The molecule has 0 saturated heterocycles. The Labute approximate surface area is 115 Å². The average molecular weight is 313 g/mol. The van der Waals surface area contributed by atoms with Gasteiger partial charge in [-0.05, 0) is 40.9 Å². The highest BCUT2D eigenvalue weighted by molar-refractivity contribution is 9.10. The smallest absolute Gasteiger partial charge is 0.254 e. The SMILES string of the molecule is O=C(c1ccnc(Br)c1)N(CCO)C1CCCC1. The van der Waals surface area contributed by atoms with Gasteiger partial charge in [-0.2, -0.15) is 0 Å². The van der Waals surface area contributed by atoms with Gasteiger partial charge in [0, 0.05) is 24.3 Å². The van der Waals surface area contributed by atoms with Gasteiger partial charge in [-0.25, -0.2) is 4.98 Å². The highest BCUT2D eigenvalue weighted by atomic mass is 79.9. The number of aliphatic hydroxyl groups is 1. The second-order valence-corrected chi connectivity index (χ2v) is 5.34. The van der Waals surface area contributed by atoms with E-state index in [4.69, 9.17) is 5.11 Å². The third-order valence-electron chi connectivity index (χ3n) is 3.34. The van der Waals surface area contributed by atoms with Crippen LogP contribution in [0.25, 0.3) is 0 Å². The molecule has 5 heteroatoms. The monoisotopic (exact) mass is 312 g/mol. The van der Waals surface area contributed by atoms with Gasteiger partial charge >= 0.3 is 0 Å². The number of hydrogen-bond donors (Lipinski definition) is 1. The van der Waals surface area contributed by atoms with Gasteiger partial charge in [0.25, 0.3) is 5.91 Å². The van der Waals surface area contributed by atoms with E-state index in [1.54, 1.807) is 23.2 Å². The Bertz CT molecular complexity index is 419. The van der Waals surface area contributed by atoms with Crippen LogP contribution in [-0.4, -0.2) is 40.1 Å². The zero-order chi connectivity index (χ0) is 13.0. The van der Waals surface area contributed by atoms with Crippen LogP contribution in [0.3, 0.4) is 0 Å². The molecule has 1 aromatic rings. The fraction of sp³-hybridized carbons (Fsp3) is 0.538. The molecule has 1 aliphatic rings. The normalized spacial score (nSPS) is 15.9. The van der Waals surface area contributed by atoms with Crippen molar-refractivity contribution in [2.75, 3.05) is 13.2 Å². The number of aliphatic hydroxyl groups excluding tert-OH is 1. The summed E-state index contributed by atoms with van der Waals surface area (Å²) in [7, 11) is 0. The molecule has 0 unspecified atom stereocenters. The highest BCUT2D eigenvalue weighted by Crippen LogP contribution is 2.25. The predicted molar refractivity (Wildman–Crippen MR) is 72.3 cm³/mol. The van der Waals surface area contributed by atoms with Crippen molar-refractivity contribution in [2.45, 2.75) is 31.7 Å². The van der Waals surface area contributed by atoms with Crippen LogP contribution in [-0.2, 0) is 0 Å². The van der Waals surface area contributed by atoms with E-state index >= 15 is 0 Å². The van der Waals surface area contributed by atoms with E-state index in [1.165, 1.54) is 12.8 Å². The summed E-state index contributed by atoms with van der Waals surface area (Å²) in [5, 5.41) is 9.13. The Hall–Kier alpha value is -0.940. The van der Waals surface area contributed by atoms with Crippen LogP contribution >= 0.6 is 15.9 Å². The number of carbonyl (C=O) groups excluding carboxylic acids is 1. The van der Waals surface area contributed by atoms with Gasteiger partial charge in [0.15, 0.2) is 0 Å². The van der Waals surface area contributed by atoms with Gasteiger partial charge in [-0.3, -0.25) is 4.79 Å². The van der Waals surface area contributed by atoms with Crippen molar-refractivity contribution in [1.29, 1.82) is 0 Å². The van der Waals surface area contributed by atoms with Crippen LogP contribution in [0.15, 0.2) is 22.9 Å². The first-order valence-corrected chi connectivity index (χ1v) is 7.05. The molecule has 2 rings (SSSR count). The van der Waals surface area contributed by atoms with Gasteiger partial charge in [0.1, 0.15) is 4.60 Å². The molecule has 0 aromatic carbocycles. The first-order valence-electron chi connectivity index (χ1n) is 6.26. The maximum Gasteiger partial charge on any atom is 0.254 e. The number of carbonyl (C=O) groups is 1. The van der Waals surface area contributed by atoms with E-state index in [0.29, 0.717) is 16.7 Å². The second kappa shape index (κ2) is 6.29. The predicted octanol–water partition coefficient (Wildman–Crippen LogP) is 2.22. The second-order valence-electron chi connectivity index (χ2n) is 4.53. The molecule has 18 heavy (non-hydrogen) atoms. The Kier molecular flexibility index (Phi) is 4.72. The van der Waals surface area contributed by atoms with Crippen molar-refractivity contribution in [1.82, 2.24) is 9.88 Å². The molecular formula is C13H17BrN2O2. The fourth-order valence-electron chi connectivity index (χ4n) is 2.47. The minimum absolute atomic E-state index is 0.00843. The lowest BCUT2D eigenvalue weighted by Gasteiger charge is -2.28. The number of aromatic nitrogens is 1. The lowest BCUT2D eigenvalue weighted by atomic mass is 10.1. The highest BCUT2D eigenvalue weighted by Gasteiger charge is 2.27. The third kappa shape index (κ3) is 3.09. The molecule has 1 heterocycles. The summed E-state index contributed by atoms with van der Waals surface area (Å²) in [4.78, 5) is 18.3. The molecule has 1 aromatic heterocycles. The lowest BCUT2D eigenvalue weighted by Crippen LogP contribution is -2.40. The summed E-state index contributed by atoms with van der Waals surface area (Å²) in [5.74, 6) is -0.0148. The number of pyridine rings is 1. The van der Waals surface area contributed by atoms with Crippen molar-refractivity contribution < 1.29 is 9.90 Å². The van der Waals surface area contributed by atoms with E-state index in [0.717, 1.165) is 12.8 Å². The molecule has 0 bridgehead atoms. The maximum absolute atomic E-state index is 12.4. The zero-order valence-corrected chi connectivity index (χ0v) is 11.8. The summed E-state index contributed by atoms with van der Waals surface area (Å²) in [6, 6.07) is 3.71. The van der Waals surface area contributed by atoms with Gasteiger partial charge in [0.2, 0.25) is 0 Å². The van der Waals surface area contributed by atoms with Crippen LogP contribution in [0.1, 0.15) is 36.0 Å². The molecule has 0 spiro atoms. The van der Waals surface area contributed by atoms with Crippen molar-refractivity contribution in [2.24, 2.45) is 0 Å². The standard InChI is InChI=1S/C13H17BrN2O2/c14-12-9-10(5-6-15-12)13(18)16(7-8-17)11-3-1-2-4-11/h5-6,9,11,17H,1-4,7-8H2. The van der Waals surface area contributed by atoms with Gasteiger partial charge < -0.3 is 10.0 Å². The number of rotatable bonds is 4. The van der Waals surface area contributed by atoms with Crippen LogP contribution < -0.4 is 0 Å². The average Bonchev–Trinajstić information content (AvgIpc) is 2.89. The zero-order valence-electron chi connectivity index (χ0n) is 10.2. The molecule has 1 fully saturated rings. The maximum atomic E-state index is 12.4. The topological polar surface area (TPSA) is 53.4 Å². The van der Waals surface area contributed by atoms with E-state index in [-0.39, 0.29) is 18.6 Å². The molecule has 0 radical (unpaired) electrons. The first-order chi connectivity index (χ1) is 8.72. The van der Waals surface area contributed by atoms with Crippen molar-refractivity contribution >= 4 is 21.8 Å². The molecule has 1 amide bonds. The minimum atomic E-state index is -0.0148. The molecule has 1 aliphatic carbocycles. The van der Waals surface area contributed by atoms with Gasteiger partial charge in [-0.15, -0.1) is 0 Å². The quantitative estimate of drug-likeness (QED) is 0.867. The molecule has 1 N–H and O–H groups in total. The Balaban J connectivity index is 2.17. The molecular weight excluding hydrogens is 296 g/mol. The lowest BCUT2D eigenvalue weighted by molar-refractivity contribution is 0.0638. The Morgan fingerprint density at radius 3 is 2.83 bits per heavy atom.